The average molecular weight is 265 g/mol. The van der Waals surface area contributed by atoms with E-state index >= 15 is 0 Å². The molecule has 15 heavy (non-hydrogen) atoms. The summed E-state index contributed by atoms with van der Waals surface area (Å²) < 4.78 is 14.1. The van der Waals surface area contributed by atoms with Crippen LogP contribution in [-0.4, -0.2) is 4.98 Å². The molecular formula is C11H6BrFN2. The van der Waals surface area contributed by atoms with Crippen molar-refractivity contribution in [2.75, 3.05) is 0 Å². The van der Waals surface area contributed by atoms with Crippen LogP contribution in [0.4, 0.5) is 4.39 Å². The molecule has 0 atom stereocenters. The first-order valence-electron chi connectivity index (χ1n) is 4.29. The van der Waals surface area contributed by atoms with E-state index in [1.165, 1.54) is 6.07 Å². The van der Waals surface area contributed by atoms with Crippen molar-refractivity contribution in [3.8, 4) is 6.07 Å². The van der Waals surface area contributed by atoms with E-state index in [9.17, 15) is 4.39 Å². The van der Waals surface area contributed by atoms with Crippen LogP contribution in [0, 0.1) is 24.1 Å². The van der Waals surface area contributed by atoms with Crippen molar-refractivity contribution < 1.29 is 4.39 Å². The molecule has 2 rings (SSSR count). The molecular weight excluding hydrogens is 259 g/mol. The Bertz CT molecular complexity index is 587. The zero-order valence-corrected chi connectivity index (χ0v) is 9.47. The monoisotopic (exact) mass is 264 g/mol. The molecule has 0 bridgehead atoms. The van der Waals surface area contributed by atoms with Crippen LogP contribution in [0.15, 0.2) is 22.7 Å². The fourth-order valence-electron chi connectivity index (χ4n) is 1.45. The topological polar surface area (TPSA) is 36.7 Å². The minimum Gasteiger partial charge on any atom is -0.237 e. The zero-order chi connectivity index (χ0) is 11.0. The molecule has 0 aliphatic carbocycles. The first-order valence-corrected chi connectivity index (χ1v) is 5.08. The summed E-state index contributed by atoms with van der Waals surface area (Å²) in [6.07, 6.45) is 0. The molecule has 2 aromatic rings. The van der Waals surface area contributed by atoms with E-state index in [1.54, 1.807) is 12.1 Å². The first kappa shape index (κ1) is 10.1. The Kier molecular flexibility index (Phi) is 2.41. The predicted octanol–water partition coefficient (Wildman–Crippen LogP) is 3.32. The van der Waals surface area contributed by atoms with Crippen LogP contribution >= 0.6 is 15.9 Å². The lowest BCUT2D eigenvalue weighted by molar-refractivity contribution is 0.632. The molecule has 0 fully saturated rings. The highest BCUT2D eigenvalue weighted by Crippen LogP contribution is 2.26. The highest BCUT2D eigenvalue weighted by molar-refractivity contribution is 9.10. The fraction of sp³-hybridized carbons (Fsp3) is 0.0909. The maximum absolute atomic E-state index is 13.6. The largest absolute Gasteiger partial charge is 0.237 e. The molecule has 0 saturated carbocycles. The van der Waals surface area contributed by atoms with Crippen LogP contribution in [0.1, 0.15) is 11.3 Å². The predicted molar refractivity (Wildman–Crippen MR) is 58.9 cm³/mol. The third-order valence-corrected chi connectivity index (χ3v) is 2.75. The number of fused-ring (bicyclic) bond motifs is 1. The highest BCUT2D eigenvalue weighted by Gasteiger charge is 2.09. The molecule has 0 saturated heterocycles. The maximum atomic E-state index is 13.6. The Labute approximate surface area is 94.5 Å². The minimum atomic E-state index is -0.340. The molecule has 1 aromatic heterocycles. The molecule has 0 spiro atoms. The third-order valence-electron chi connectivity index (χ3n) is 2.17. The van der Waals surface area contributed by atoms with Crippen molar-refractivity contribution in [1.82, 2.24) is 4.98 Å². The van der Waals surface area contributed by atoms with Gasteiger partial charge in [-0.2, -0.15) is 5.26 Å². The van der Waals surface area contributed by atoms with Crippen molar-refractivity contribution in [2.24, 2.45) is 0 Å². The van der Waals surface area contributed by atoms with Crippen molar-refractivity contribution in [3.05, 3.63) is 39.7 Å². The molecule has 0 N–H and O–H groups in total. The van der Waals surface area contributed by atoms with Gasteiger partial charge in [-0.15, -0.1) is 0 Å². The third kappa shape index (κ3) is 1.59. The van der Waals surface area contributed by atoms with Crippen LogP contribution in [-0.2, 0) is 0 Å². The van der Waals surface area contributed by atoms with E-state index in [2.05, 4.69) is 20.9 Å². The van der Waals surface area contributed by atoms with E-state index in [1.807, 2.05) is 13.0 Å². The number of nitriles is 1. The number of hydrogen-bond donors (Lipinski definition) is 0. The van der Waals surface area contributed by atoms with Gasteiger partial charge in [-0.05, 0) is 46.6 Å². The second kappa shape index (κ2) is 3.59. The van der Waals surface area contributed by atoms with Crippen molar-refractivity contribution >= 4 is 26.8 Å². The Balaban J connectivity index is 2.91. The highest BCUT2D eigenvalue weighted by atomic mass is 79.9. The number of halogens is 2. The minimum absolute atomic E-state index is 0.298. The van der Waals surface area contributed by atoms with E-state index in [0.29, 0.717) is 21.1 Å². The number of hydrogen-bond acceptors (Lipinski definition) is 2. The molecule has 0 radical (unpaired) electrons. The van der Waals surface area contributed by atoms with Gasteiger partial charge in [0.05, 0.1) is 9.99 Å². The van der Waals surface area contributed by atoms with Crippen LogP contribution in [0.2, 0.25) is 0 Å². The average Bonchev–Trinajstić information content (AvgIpc) is 2.25. The number of rotatable bonds is 0. The lowest BCUT2D eigenvalue weighted by Crippen LogP contribution is -1.91. The van der Waals surface area contributed by atoms with Gasteiger partial charge in [-0.1, -0.05) is 0 Å². The van der Waals surface area contributed by atoms with Gasteiger partial charge in [0.1, 0.15) is 17.6 Å². The standard InChI is InChI=1S/C11H6BrFN2/c1-6-4-9(12)10(13)8-3-2-7(5-14)15-11(6)8/h2-4H,1H3. The maximum Gasteiger partial charge on any atom is 0.146 e. The Hall–Kier alpha value is -1.47. The molecule has 1 heterocycles. The SMILES string of the molecule is Cc1cc(Br)c(F)c2ccc(C#N)nc12. The molecule has 0 unspecified atom stereocenters. The Morgan fingerprint density at radius 3 is 2.87 bits per heavy atom. The second-order valence-corrected chi connectivity index (χ2v) is 4.05. The van der Waals surface area contributed by atoms with Crippen molar-refractivity contribution in [1.29, 1.82) is 5.26 Å². The van der Waals surface area contributed by atoms with Crippen LogP contribution in [0.25, 0.3) is 10.9 Å². The summed E-state index contributed by atoms with van der Waals surface area (Å²) in [6, 6.07) is 6.68. The summed E-state index contributed by atoms with van der Waals surface area (Å²) in [6.45, 7) is 1.83. The van der Waals surface area contributed by atoms with Crippen molar-refractivity contribution in [2.45, 2.75) is 6.92 Å². The van der Waals surface area contributed by atoms with Gasteiger partial charge in [0.25, 0.3) is 0 Å². The number of aryl methyl sites for hydroxylation is 1. The smallest absolute Gasteiger partial charge is 0.146 e. The van der Waals surface area contributed by atoms with E-state index in [4.69, 9.17) is 5.26 Å². The zero-order valence-electron chi connectivity index (χ0n) is 7.88. The molecule has 0 amide bonds. The molecule has 0 aliphatic heterocycles. The summed E-state index contributed by atoms with van der Waals surface area (Å²) in [5.74, 6) is -0.340. The second-order valence-electron chi connectivity index (χ2n) is 3.19. The number of aromatic nitrogens is 1. The summed E-state index contributed by atoms with van der Waals surface area (Å²) in [4.78, 5) is 4.07. The van der Waals surface area contributed by atoms with E-state index in [0.717, 1.165) is 5.56 Å². The molecule has 0 aliphatic rings. The molecule has 2 nitrogen and oxygen atoms in total. The lowest BCUT2D eigenvalue weighted by atomic mass is 10.1. The summed E-state index contributed by atoms with van der Waals surface area (Å²) in [7, 11) is 0. The van der Waals surface area contributed by atoms with Gasteiger partial charge in [-0.25, -0.2) is 9.37 Å². The van der Waals surface area contributed by atoms with Crippen LogP contribution in [0.3, 0.4) is 0 Å². The van der Waals surface area contributed by atoms with Gasteiger partial charge in [0, 0.05) is 5.39 Å². The van der Waals surface area contributed by atoms with Gasteiger partial charge in [-0.3, -0.25) is 0 Å². The number of nitrogens with zero attached hydrogens (tertiary/aromatic N) is 2. The van der Waals surface area contributed by atoms with Gasteiger partial charge >= 0.3 is 0 Å². The number of benzene rings is 1. The molecule has 4 heteroatoms. The lowest BCUT2D eigenvalue weighted by Gasteiger charge is -2.04. The van der Waals surface area contributed by atoms with E-state index in [-0.39, 0.29) is 5.82 Å². The first-order chi connectivity index (χ1) is 7.13. The number of pyridine rings is 1. The summed E-state index contributed by atoms with van der Waals surface area (Å²) in [5.41, 5.74) is 1.68. The normalized spacial score (nSPS) is 10.3. The van der Waals surface area contributed by atoms with Crippen LogP contribution < -0.4 is 0 Å². The van der Waals surface area contributed by atoms with E-state index < -0.39 is 0 Å². The van der Waals surface area contributed by atoms with Gasteiger partial charge in [0.2, 0.25) is 0 Å². The molecule has 74 valence electrons. The van der Waals surface area contributed by atoms with Gasteiger partial charge < -0.3 is 0 Å². The summed E-state index contributed by atoms with van der Waals surface area (Å²) >= 11 is 3.13. The van der Waals surface area contributed by atoms with Gasteiger partial charge in [0.15, 0.2) is 0 Å². The quantitative estimate of drug-likeness (QED) is 0.732. The fourth-order valence-corrected chi connectivity index (χ4v) is 2.01. The Morgan fingerprint density at radius 1 is 1.47 bits per heavy atom. The van der Waals surface area contributed by atoms with Crippen LogP contribution in [0.5, 0.6) is 0 Å². The summed E-state index contributed by atoms with van der Waals surface area (Å²) in [5, 5.41) is 9.13. The Morgan fingerprint density at radius 2 is 2.20 bits per heavy atom. The molecule has 1 aromatic carbocycles. The van der Waals surface area contributed by atoms with Crippen molar-refractivity contribution in [3.63, 3.8) is 0 Å².